The predicted molar refractivity (Wildman–Crippen MR) is 80.3 cm³/mol. The average molecular weight is 285 g/mol. The molecular formula is C13H27N5S. The molecule has 6 heteroatoms. The van der Waals surface area contributed by atoms with E-state index < -0.39 is 0 Å². The highest BCUT2D eigenvalue weighted by atomic mass is 32.2. The third kappa shape index (κ3) is 6.38. The first-order chi connectivity index (χ1) is 9.17. The van der Waals surface area contributed by atoms with Crippen molar-refractivity contribution < 1.29 is 0 Å². The number of hydrogen-bond acceptors (Lipinski definition) is 5. The largest absolute Gasteiger partial charge is 0.315 e. The molecule has 0 bridgehead atoms. The molecule has 0 radical (unpaired) electrons. The van der Waals surface area contributed by atoms with Gasteiger partial charge in [0.2, 0.25) is 5.16 Å². The van der Waals surface area contributed by atoms with Gasteiger partial charge in [-0.05, 0) is 28.8 Å². The normalized spacial score (nSPS) is 11.7. The summed E-state index contributed by atoms with van der Waals surface area (Å²) in [6.45, 7) is 11.7. The molecule has 110 valence electrons. The maximum atomic E-state index is 4.11. The van der Waals surface area contributed by atoms with Gasteiger partial charge in [0.25, 0.3) is 0 Å². The van der Waals surface area contributed by atoms with Crippen LogP contribution in [0.25, 0.3) is 0 Å². The first-order valence-electron chi connectivity index (χ1n) is 7.27. The zero-order valence-electron chi connectivity index (χ0n) is 12.6. The Labute approximate surface area is 120 Å². The predicted octanol–water partition coefficient (Wildman–Crippen LogP) is 2.45. The van der Waals surface area contributed by atoms with Crippen molar-refractivity contribution >= 4 is 11.8 Å². The van der Waals surface area contributed by atoms with E-state index in [0.717, 1.165) is 36.5 Å². The molecule has 0 aliphatic rings. The maximum absolute atomic E-state index is 4.11. The Morgan fingerprint density at radius 1 is 1.26 bits per heavy atom. The molecule has 1 rings (SSSR count). The van der Waals surface area contributed by atoms with Crippen molar-refractivity contribution in [3.63, 3.8) is 0 Å². The van der Waals surface area contributed by atoms with Crippen LogP contribution in [0.5, 0.6) is 0 Å². The Morgan fingerprint density at radius 2 is 2.00 bits per heavy atom. The number of aromatic nitrogens is 4. The molecule has 0 saturated heterocycles. The van der Waals surface area contributed by atoms with Gasteiger partial charge >= 0.3 is 0 Å². The van der Waals surface area contributed by atoms with Crippen molar-refractivity contribution in [2.45, 2.75) is 52.2 Å². The number of tetrazole rings is 1. The third-order valence-corrected chi connectivity index (χ3v) is 4.34. The minimum atomic E-state index is 0.678. The van der Waals surface area contributed by atoms with Crippen molar-refractivity contribution in [1.82, 2.24) is 25.5 Å². The van der Waals surface area contributed by atoms with Gasteiger partial charge in [0, 0.05) is 12.3 Å². The molecule has 0 unspecified atom stereocenters. The summed E-state index contributed by atoms with van der Waals surface area (Å²) >= 11 is 1.77. The van der Waals surface area contributed by atoms with Gasteiger partial charge < -0.3 is 5.32 Å². The van der Waals surface area contributed by atoms with Crippen molar-refractivity contribution in [3.8, 4) is 0 Å². The highest BCUT2D eigenvalue weighted by molar-refractivity contribution is 7.99. The molecule has 1 heterocycles. The molecule has 0 aliphatic carbocycles. The summed E-state index contributed by atoms with van der Waals surface area (Å²) in [7, 11) is 0. The van der Waals surface area contributed by atoms with Crippen LogP contribution in [0.1, 0.15) is 40.5 Å². The molecule has 1 N–H and O–H groups in total. The van der Waals surface area contributed by atoms with Gasteiger partial charge in [0.15, 0.2) is 0 Å². The first kappa shape index (κ1) is 16.4. The number of thioether (sulfide) groups is 1. The Morgan fingerprint density at radius 3 is 2.63 bits per heavy atom. The lowest BCUT2D eigenvalue weighted by atomic mass is 10.1. The summed E-state index contributed by atoms with van der Waals surface area (Å²) in [5.74, 6) is 2.54. The van der Waals surface area contributed by atoms with E-state index in [4.69, 9.17) is 0 Å². The van der Waals surface area contributed by atoms with Crippen LogP contribution in [0.15, 0.2) is 5.16 Å². The van der Waals surface area contributed by atoms with Gasteiger partial charge in [-0.25, -0.2) is 4.68 Å². The van der Waals surface area contributed by atoms with Crippen LogP contribution in [0.3, 0.4) is 0 Å². The van der Waals surface area contributed by atoms with E-state index in [2.05, 4.69) is 48.5 Å². The van der Waals surface area contributed by atoms with Crippen LogP contribution in [-0.4, -0.2) is 39.0 Å². The molecule has 0 aliphatic heterocycles. The van der Waals surface area contributed by atoms with E-state index in [1.54, 1.807) is 11.8 Å². The zero-order chi connectivity index (χ0) is 14.1. The van der Waals surface area contributed by atoms with Gasteiger partial charge in [-0.3, -0.25) is 0 Å². The Hall–Kier alpha value is -0.620. The summed E-state index contributed by atoms with van der Waals surface area (Å²) in [5.41, 5.74) is 0. The van der Waals surface area contributed by atoms with E-state index in [1.165, 1.54) is 12.8 Å². The standard InChI is InChI=1S/C13H27N5S/c1-5-12(6-2)10-19-13-15-16-17-18(13)8-7-14-9-11(3)4/h11-12,14H,5-10H2,1-4H3. The van der Waals surface area contributed by atoms with Crippen molar-refractivity contribution in [3.05, 3.63) is 0 Å². The van der Waals surface area contributed by atoms with E-state index in [1.807, 2.05) is 4.68 Å². The van der Waals surface area contributed by atoms with Crippen LogP contribution in [0, 0.1) is 11.8 Å². The monoisotopic (exact) mass is 285 g/mol. The summed E-state index contributed by atoms with van der Waals surface area (Å²) in [4.78, 5) is 0. The van der Waals surface area contributed by atoms with Crippen LogP contribution >= 0.6 is 11.8 Å². The molecular weight excluding hydrogens is 258 g/mol. The van der Waals surface area contributed by atoms with Gasteiger partial charge in [0.1, 0.15) is 0 Å². The van der Waals surface area contributed by atoms with E-state index in [-0.39, 0.29) is 0 Å². The molecule has 0 atom stereocenters. The molecule has 19 heavy (non-hydrogen) atoms. The van der Waals surface area contributed by atoms with E-state index in [9.17, 15) is 0 Å². The second-order valence-corrected chi connectivity index (χ2v) is 6.26. The van der Waals surface area contributed by atoms with Crippen molar-refractivity contribution in [1.29, 1.82) is 0 Å². The molecule has 1 aromatic rings. The van der Waals surface area contributed by atoms with E-state index in [0.29, 0.717) is 5.92 Å². The van der Waals surface area contributed by atoms with Gasteiger partial charge in [0.05, 0.1) is 6.54 Å². The lowest BCUT2D eigenvalue weighted by Gasteiger charge is -2.11. The number of nitrogens with zero attached hydrogens (tertiary/aromatic N) is 4. The molecule has 0 aromatic carbocycles. The second kappa shape index (κ2) is 9.31. The first-order valence-corrected chi connectivity index (χ1v) is 8.25. The smallest absolute Gasteiger partial charge is 0.209 e. The summed E-state index contributed by atoms with van der Waals surface area (Å²) in [6.07, 6.45) is 2.45. The molecule has 0 spiro atoms. The zero-order valence-corrected chi connectivity index (χ0v) is 13.4. The topological polar surface area (TPSA) is 55.6 Å². The Bertz CT molecular complexity index is 336. The molecule has 0 fully saturated rings. The highest BCUT2D eigenvalue weighted by Crippen LogP contribution is 2.21. The summed E-state index contributed by atoms with van der Waals surface area (Å²) in [6, 6.07) is 0. The quantitative estimate of drug-likeness (QED) is 0.528. The summed E-state index contributed by atoms with van der Waals surface area (Å²) < 4.78 is 1.90. The summed E-state index contributed by atoms with van der Waals surface area (Å²) in [5, 5.41) is 16.3. The number of nitrogens with one attached hydrogen (secondary N) is 1. The minimum absolute atomic E-state index is 0.678. The third-order valence-electron chi connectivity index (χ3n) is 3.15. The molecule has 0 saturated carbocycles. The molecule has 0 amide bonds. The van der Waals surface area contributed by atoms with Crippen molar-refractivity contribution in [2.75, 3.05) is 18.8 Å². The van der Waals surface area contributed by atoms with Crippen LogP contribution in [0.2, 0.25) is 0 Å². The molecule has 5 nitrogen and oxygen atoms in total. The van der Waals surface area contributed by atoms with Crippen LogP contribution in [0.4, 0.5) is 0 Å². The second-order valence-electron chi connectivity index (χ2n) is 5.28. The SMILES string of the molecule is CCC(CC)CSc1nnnn1CCNCC(C)C. The fourth-order valence-electron chi connectivity index (χ4n) is 1.73. The van der Waals surface area contributed by atoms with Crippen molar-refractivity contribution in [2.24, 2.45) is 11.8 Å². The maximum Gasteiger partial charge on any atom is 0.209 e. The van der Waals surface area contributed by atoms with Crippen LogP contribution < -0.4 is 5.32 Å². The average Bonchev–Trinajstić information content (AvgIpc) is 2.83. The number of rotatable bonds is 10. The highest BCUT2D eigenvalue weighted by Gasteiger charge is 2.10. The van der Waals surface area contributed by atoms with Gasteiger partial charge in [-0.2, -0.15) is 0 Å². The Kier molecular flexibility index (Phi) is 8.05. The fraction of sp³-hybridized carbons (Fsp3) is 0.923. The number of hydrogen-bond donors (Lipinski definition) is 1. The van der Waals surface area contributed by atoms with E-state index >= 15 is 0 Å². The van der Waals surface area contributed by atoms with Gasteiger partial charge in [-0.1, -0.05) is 52.3 Å². The fourth-order valence-corrected chi connectivity index (χ4v) is 2.96. The van der Waals surface area contributed by atoms with Gasteiger partial charge in [-0.15, -0.1) is 5.10 Å². The lowest BCUT2D eigenvalue weighted by Crippen LogP contribution is -2.24. The Balaban J connectivity index is 2.33. The van der Waals surface area contributed by atoms with Crippen LogP contribution in [-0.2, 0) is 6.54 Å². The minimum Gasteiger partial charge on any atom is -0.315 e. The lowest BCUT2D eigenvalue weighted by molar-refractivity contribution is 0.481. The molecule has 1 aromatic heterocycles.